The molecule has 0 aliphatic rings. The van der Waals surface area contributed by atoms with E-state index in [0.29, 0.717) is 0 Å². The van der Waals surface area contributed by atoms with Crippen LogP contribution in [0, 0.1) is 0 Å². The van der Waals surface area contributed by atoms with Crippen molar-refractivity contribution in [1.82, 2.24) is 0 Å². The minimum absolute atomic E-state index is 0.941. The van der Waals surface area contributed by atoms with E-state index in [2.05, 4.69) is 123 Å². The molecule has 0 amide bonds. The first-order valence-corrected chi connectivity index (χ1v) is 14.8. The van der Waals surface area contributed by atoms with Crippen molar-refractivity contribution in [1.29, 1.82) is 0 Å². The third-order valence-electron chi connectivity index (χ3n) is 7.89. The molecule has 0 bridgehead atoms. The van der Waals surface area contributed by atoms with Crippen LogP contribution in [0.25, 0.3) is 81.2 Å². The number of fused-ring (bicyclic) bond motifs is 2. The van der Waals surface area contributed by atoms with Gasteiger partial charge in [-0.1, -0.05) is 178 Å². The lowest BCUT2D eigenvalue weighted by atomic mass is 9.86. The molecule has 0 saturated carbocycles. The van der Waals surface area contributed by atoms with Gasteiger partial charge in [0.25, 0.3) is 0 Å². The fourth-order valence-corrected chi connectivity index (χ4v) is 5.78. The first kappa shape index (κ1) is 28.4. The van der Waals surface area contributed by atoms with Gasteiger partial charge in [-0.05, 0) is 81.9 Å². The second kappa shape index (κ2) is 12.7. The summed E-state index contributed by atoms with van der Waals surface area (Å²) in [6.45, 7) is 16.9. The molecule has 0 fully saturated rings. The van der Waals surface area contributed by atoms with Crippen LogP contribution in [0.1, 0.15) is 0 Å². The molecule has 210 valence electrons. The first-order chi connectivity index (χ1) is 21.5. The Hall–Kier alpha value is -5.72. The van der Waals surface area contributed by atoms with Crippen LogP contribution in [-0.4, -0.2) is 0 Å². The maximum Gasteiger partial charge on any atom is -0.00262 e. The average molecular weight is 563 g/mol. The van der Waals surface area contributed by atoms with Crippen molar-refractivity contribution >= 4 is 47.9 Å². The number of benzene rings is 4. The monoisotopic (exact) mass is 562 g/mol. The van der Waals surface area contributed by atoms with Crippen LogP contribution in [0.15, 0.2) is 158 Å². The van der Waals surface area contributed by atoms with Crippen molar-refractivity contribution in [3.8, 4) is 33.4 Å². The lowest BCUT2D eigenvalue weighted by Gasteiger charge is -2.17. The maximum absolute atomic E-state index is 4.34. The van der Waals surface area contributed by atoms with E-state index < -0.39 is 0 Å². The highest BCUT2D eigenvalue weighted by Gasteiger charge is 2.16. The normalized spacial score (nSPS) is 10.6. The lowest BCUT2D eigenvalue weighted by molar-refractivity contribution is 1.57. The van der Waals surface area contributed by atoms with Gasteiger partial charge in [0.15, 0.2) is 0 Å². The van der Waals surface area contributed by atoms with Gasteiger partial charge in [-0.25, -0.2) is 0 Å². The molecule has 0 heteroatoms. The second-order valence-electron chi connectivity index (χ2n) is 11.0. The smallest absolute Gasteiger partial charge is 0.00262 e. The number of rotatable bonds is 3. The Morgan fingerprint density at radius 3 is 1.30 bits per heavy atom. The van der Waals surface area contributed by atoms with Crippen LogP contribution in [0.3, 0.4) is 0 Å². The lowest BCUT2D eigenvalue weighted by Crippen LogP contribution is -1.99. The standard InChI is InChI=1S/C44H34/c1-31-14-7-8-18-34(4)38(23-13-17-31)35-26-28-36(29-27-35)43-39-19-9-11-21-41(39)44(42-22-12-10-20-40(42)43)37-25-24-32(2)15-5-6-16-33(3)30-37/h5-30H,1-4H2. The zero-order chi connectivity index (χ0) is 30.5. The van der Waals surface area contributed by atoms with Crippen molar-refractivity contribution in [2.75, 3.05) is 0 Å². The second-order valence-corrected chi connectivity index (χ2v) is 11.0. The largest absolute Gasteiger partial charge is 0.0918 e. The molecule has 6 aromatic carbocycles. The zero-order valence-electron chi connectivity index (χ0n) is 24.8. The Morgan fingerprint density at radius 1 is 0.295 bits per heavy atom. The third kappa shape index (κ3) is 5.93. The Kier molecular flexibility index (Phi) is 8.17. The minimum atomic E-state index is 0.941. The summed E-state index contributed by atoms with van der Waals surface area (Å²) in [7, 11) is 0. The molecule has 0 spiro atoms. The topological polar surface area (TPSA) is 0 Å². The summed E-state index contributed by atoms with van der Waals surface area (Å²) in [6, 6.07) is 54.9. The molecule has 0 radical (unpaired) electrons. The molecule has 0 atom stereocenters. The van der Waals surface area contributed by atoms with Crippen molar-refractivity contribution in [2.45, 2.75) is 0 Å². The van der Waals surface area contributed by atoms with Crippen LogP contribution in [0.4, 0.5) is 0 Å². The van der Waals surface area contributed by atoms with Gasteiger partial charge in [-0.3, -0.25) is 0 Å². The van der Waals surface area contributed by atoms with Gasteiger partial charge < -0.3 is 0 Å². The Morgan fingerprint density at radius 2 is 0.705 bits per heavy atom. The molecule has 0 N–H and O–H groups in total. The van der Waals surface area contributed by atoms with E-state index >= 15 is 0 Å². The Balaban J connectivity index is 1.62. The van der Waals surface area contributed by atoms with Crippen molar-refractivity contribution in [3.63, 3.8) is 0 Å². The van der Waals surface area contributed by atoms with E-state index in [-0.39, 0.29) is 0 Å². The maximum atomic E-state index is 4.34. The molecule has 0 unspecified atom stereocenters. The van der Waals surface area contributed by atoms with E-state index in [1.54, 1.807) is 0 Å². The molecule has 0 aliphatic carbocycles. The summed E-state index contributed by atoms with van der Waals surface area (Å²) in [5.41, 5.74) is 6.88. The SMILES string of the molecule is C=c1ccccc(=C)c(-c2ccc(-c3c4ccccc4c(-c4ccc(=C)ccccc(=C)c4)c4ccccc34)cc2)ccc1. The van der Waals surface area contributed by atoms with Crippen molar-refractivity contribution in [2.24, 2.45) is 0 Å². The molecule has 0 saturated heterocycles. The molecular formula is C44H34. The van der Waals surface area contributed by atoms with Crippen LogP contribution >= 0.6 is 0 Å². The molecule has 0 nitrogen and oxygen atoms in total. The summed E-state index contributed by atoms with van der Waals surface area (Å²) < 4.78 is 0. The van der Waals surface area contributed by atoms with Gasteiger partial charge in [0, 0.05) is 0 Å². The van der Waals surface area contributed by atoms with E-state index in [0.717, 1.165) is 37.6 Å². The molecular weight excluding hydrogens is 528 g/mol. The fraction of sp³-hybridized carbons (Fsp3) is 0. The van der Waals surface area contributed by atoms with Crippen molar-refractivity contribution < 1.29 is 0 Å². The van der Waals surface area contributed by atoms with E-state index in [1.807, 2.05) is 60.7 Å². The number of hydrogen-bond donors (Lipinski definition) is 0. The van der Waals surface area contributed by atoms with E-state index in [1.165, 1.54) is 38.2 Å². The highest BCUT2D eigenvalue weighted by atomic mass is 14.2. The highest BCUT2D eigenvalue weighted by Crippen LogP contribution is 2.43. The molecule has 0 aliphatic heterocycles. The van der Waals surface area contributed by atoms with E-state index in [4.69, 9.17) is 0 Å². The quantitative estimate of drug-likeness (QED) is 0.189. The van der Waals surface area contributed by atoms with Gasteiger partial charge in [-0.2, -0.15) is 0 Å². The van der Waals surface area contributed by atoms with Crippen LogP contribution in [-0.2, 0) is 0 Å². The summed E-state index contributed by atoms with van der Waals surface area (Å²) >= 11 is 0. The molecule has 0 aromatic heterocycles. The zero-order valence-corrected chi connectivity index (χ0v) is 24.8. The van der Waals surface area contributed by atoms with Crippen LogP contribution in [0.5, 0.6) is 0 Å². The summed E-state index contributed by atoms with van der Waals surface area (Å²) in [4.78, 5) is 0. The van der Waals surface area contributed by atoms with Gasteiger partial charge in [0.2, 0.25) is 0 Å². The molecule has 0 heterocycles. The Labute approximate surface area is 259 Å². The fourth-order valence-electron chi connectivity index (χ4n) is 5.78. The van der Waals surface area contributed by atoms with Gasteiger partial charge >= 0.3 is 0 Å². The Bertz CT molecular complexity index is 2290. The first-order valence-electron chi connectivity index (χ1n) is 14.8. The predicted octanol–water partition coefficient (Wildman–Crippen LogP) is 8.88. The summed E-state index contributed by atoms with van der Waals surface area (Å²) in [5, 5.41) is 8.61. The van der Waals surface area contributed by atoms with Crippen LogP contribution < -0.4 is 20.9 Å². The molecule has 6 rings (SSSR count). The average Bonchev–Trinajstić information content (AvgIpc) is 3.04. The summed E-state index contributed by atoms with van der Waals surface area (Å²) in [5.74, 6) is 0. The predicted molar refractivity (Wildman–Crippen MR) is 194 cm³/mol. The van der Waals surface area contributed by atoms with Gasteiger partial charge in [0.05, 0.1) is 0 Å². The van der Waals surface area contributed by atoms with E-state index in [9.17, 15) is 0 Å². The third-order valence-corrected chi connectivity index (χ3v) is 7.89. The van der Waals surface area contributed by atoms with Gasteiger partial charge in [-0.15, -0.1) is 0 Å². The minimum Gasteiger partial charge on any atom is -0.0918 e. The van der Waals surface area contributed by atoms with Crippen LogP contribution in [0.2, 0.25) is 0 Å². The van der Waals surface area contributed by atoms with Crippen molar-refractivity contribution in [3.05, 3.63) is 179 Å². The molecule has 6 aromatic rings. The molecule has 44 heavy (non-hydrogen) atoms. The highest BCUT2D eigenvalue weighted by molar-refractivity contribution is 6.21. The van der Waals surface area contributed by atoms with Gasteiger partial charge in [0.1, 0.15) is 0 Å². The number of hydrogen-bond acceptors (Lipinski definition) is 0. The summed E-state index contributed by atoms with van der Waals surface area (Å²) in [6.07, 6.45) is 0.